The largest absolute Gasteiger partial charge is 0.493 e. The molecule has 0 bridgehead atoms. The molecule has 0 spiro atoms. The van der Waals surface area contributed by atoms with Gasteiger partial charge in [0.1, 0.15) is 6.61 Å². The summed E-state index contributed by atoms with van der Waals surface area (Å²) < 4.78 is 15.8. The first-order valence-corrected chi connectivity index (χ1v) is 6.41. The van der Waals surface area contributed by atoms with E-state index in [1.165, 1.54) is 0 Å². The van der Waals surface area contributed by atoms with E-state index in [9.17, 15) is 0 Å². The molecular weight excluding hydrogens is 280 g/mol. The standard InChI is InChI=1S/C14H15ClN2O3/c1-18-7-8-20-12-5-3-10(9-13(12)19-2)11-4-6-14(15)17-16-11/h3-6,9H,7-8H2,1-2H3. The van der Waals surface area contributed by atoms with E-state index in [0.29, 0.717) is 29.9 Å². The van der Waals surface area contributed by atoms with Crippen molar-refractivity contribution in [3.05, 3.63) is 35.5 Å². The van der Waals surface area contributed by atoms with Gasteiger partial charge in [-0.1, -0.05) is 11.6 Å². The summed E-state index contributed by atoms with van der Waals surface area (Å²) in [4.78, 5) is 0. The molecule has 0 aliphatic carbocycles. The summed E-state index contributed by atoms with van der Waals surface area (Å²) in [6.45, 7) is 0.987. The van der Waals surface area contributed by atoms with Crippen LogP contribution in [0.5, 0.6) is 11.5 Å². The van der Waals surface area contributed by atoms with Crippen molar-refractivity contribution in [3.8, 4) is 22.8 Å². The number of benzene rings is 1. The molecule has 2 rings (SSSR count). The Kier molecular flexibility index (Phi) is 5.15. The normalized spacial score (nSPS) is 10.3. The maximum atomic E-state index is 5.72. The van der Waals surface area contributed by atoms with Crippen LogP contribution in [0.15, 0.2) is 30.3 Å². The highest BCUT2D eigenvalue weighted by Crippen LogP contribution is 2.31. The van der Waals surface area contributed by atoms with Gasteiger partial charge >= 0.3 is 0 Å². The highest BCUT2D eigenvalue weighted by atomic mass is 35.5. The van der Waals surface area contributed by atoms with Gasteiger partial charge in [0, 0.05) is 12.7 Å². The van der Waals surface area contributed by atoms with Crippen LogP contribution in [-0.2, 0) is 4.74 Å². The van der Waals surface area contributed by atoms with Crippen LogP contribution in [0.4, 0.5) is 0 Å². The first kappa shape index (κ1) is 14.6. The lowest BCUT2D eigenvalue weighted by Gasteiger charge is -2.11. The molecule has 1 heterocycles. The number of halogens is 1. The summed E-state index contributed by atoms with van der Waals surface area (Å²) in [7, 11) is 3.22. The monoisotopic (exact) mass is 294 g/mol. The second-order valence-corrected chi connectivity index (χ2v) is 4.34. The number of hydrogen-bond donors (Lipinski definition) is 0. The van der Waals surface area contributed by atoms with Crippen LogP contribution in [0.1, 0.15) is 0 Å². The molecule has 0 saturated carbocycles. The van der Waals surface area contributed by atoms with Crippen LogP contribution in [0.3, 0.4) is 0 Å². The van der Waals surface area contributed by atoms with Crippen molar-refractivity contribution in [2.45, 2.75) is 0 Å². The number of rotatable bonds is 6. The lowest BCUT2D eigenvalue weighted by molar-refractivity contribution is 0.144. The minimum absolute atomic E-state index is 0.361. The van der Waals surface area contributed by atoms with Crippen LogP contribution >= 0.6 is 11.6 Å². The molecule has 0 aliphatic rings. The van der Waals surface area contributed by atoms with Crippen molar-refractivity contribution in [2.24, 2.45) is 0 Å². The fourth-order valence-electron chi connectivity index (χ4n) is 1.65. The average molecular weight is 295 g/mol. The van der Waals surface area contributed by atoms with Crippen molar-refractivity contribution in [1.29, 1.82) is 0 Å². The molecule has 2 aromatic rings. The first-order chi connectivity index (χ1) is 9.74. The van der Waals surface area contributed by atoms with Gasteiger partial charge in [0.25, 0.3) is 0 Å². The van der Waals surface area contributed by atoms with Gasteiger partial charge in [0.05, 0.1) is 19.4 Å². The highest BCUT2D eigenvalue weighted by molar-refractivity contribution is 6.29. The molecule has 0 atom stereocenters. The zero-order valence-electron chi connectivity index (χ0n) is 11.3. The maximum Gasteiger partial charge on any atom is 0.161 e. The first-order valence-electron chi connectivity index (χ1n) is 6.04. The van der Waals surface area contributed by atoms with Crippen LogP contribution < -0.4 is 9.47 Å². The van der Waals surface area contributed by atoms with E-state index in [4.69, 9.17) is 25.8 Å². The fraction of sp³-hybridized carbons (Fsp3) is 0.286. The number of aromatic nitrogens is 2. The number of hydrogen-bond acceptors (Lipinski definition) is 5. The van der Waals surface area contributed by atoms with E-state index in [1.807, 2.05) is 18.2 Å². The van der Waals surface area contributed by atoms with Crippen molar-refractivity contribution in [1.82, 2.24) is 10.2 Å². The summed E-state index contributed by atoms with van der Waals surface area (Å²) in [6, 6.07) is 9.07. The molecule has 0 radical (unpaired) electrons. The van der Waals surface area contributed by atoms with Crippen LogP contribution in [-0.4, -0.2) is 37.6 Å². The molecule has 0 unspecified atom stereocenters. The molecule has 1 aromatic carbocycles. The summed E-state index contributed by atoms with van der Waals surface area (Å²) in [5, 5.41) is 8.21. The molecule has 0 amide bonds. The lowest BCUT2D eigenvalue weighted by Crippen LogP contribution is -2.05. The molecule has 0 aliphatic heterocycles. The van der Waals surface area contributed by atoms with E-state index < -0.39 is 0 Å². The molecule has 106 valence electrons. The van der Waals surface area contributed by atoms with Crippen LogP contribution in [0.2, 0.25) is 5.15 Å². The third kappa shape index (κ3) is 3.59. The van der Waals surface area contributed by atoms with Crippen LogP contribution in [0.25, 0.3) is 11.3 Å². The van der Waals surface area contributed by atoms with Crippen LogP contribution in [0, 0.1) is 0 Å². The predicted molar refractivity (Wildman–Crippen MR) is 76.4 cm³/mol. The topological polar surface area (TPSA) is 53.5 Å². The Bertz CT molecular complexity index is 561. The van der Waals surface area contributed by atoms with E-state index in [2.05, 4.69) is 10.2 Å². The predicted octanol–water partition coefficient (Wildman–Crippen LogP) is 2.83. The Morgan fingerprint density at radius 1 is 1.00 bits per heavy atom. The number of methoxy groups -OCH3 is 2. The number of nitrogens with zero attached hydrogens (tertiary/aromatic N) is 2. The lowest BCUT2D eigenvalue weighted by atomic mass is 10.1. The third-order valence-electron chi connectivity index (χ3n) is 2.64. The molecule has 0 N–H and O–H groups in total. The van der Waals surface area contributed by atoms with Gasteiger partial charge in [-0.25, -0.2) is 0 Å². The van der Waals surface area contributed by atoms with E-state index in [-0.39, 0.29) is 0 Å². The second-order valence-electron chi connectivity index (χ2n) is 3.95. The zero-order chi connectivity index (χ0) is 14.4. The van der Waals surface area contributed by atoms with E-state index in [0.717, 1.165) is 11.3 Å². The summed E-state index contributed by atoms with van der Waals surface area (Å²) in [5.74, 6) is 1.30. The smallest absolute Gasteiger partial charge is 0.161 e. The highest BCUT2D eigenvalue weighted by Gasteiger charge is 2.08. The van der Waals surface area contributed by atoms with Gasteiger partial charge in [0.2, 0.25) is 0 Å². The molecule has 5 nitrogen and oxygen atoms in total. The fourth-order valence-corrected chi connectivity index (χ4v) is 1.75. The minimum Gasteiger partial charge on any atom is -0.493 e. The molecule has 1 aromatic heterocycles. The third-order valence-corrected chi connectivity index (χ3v) is 2.84. The Morgan fingerprint density at radius 2 is 1.85 bits per heavy atom. The van der Waals surface area contributed by atoms with Gasteiger partial charge in [-0.15, -0.1) is 10.2 Å². The second kappa shape index (κ2) is 7.07. The maximum absolute atomic E-state index is 5.72. The molecule has 6 heteroatoms. The summed E-state index contributed by atoms with van der Waals surface area (Å²) in [6.07, 6.45) is 0. The Labute approximate surface area is 122 Å². The van der Waals surface area contributed by atoms with E-state index in [1.54, 1.807) is 26.4 Å². The Morgan fingerprint density at radius 3 is 2.50 bits per heavy atom. The molecule has 0 fully saturated rings. The average Bonchev–Trinajstić information content (AvgIpc) is 2.48. The molecule has 0 saturated heterocycles. The summed E-state index contributed by atoms with van der Waals surface area (Å²) in [5.41, 5.74) is 1.60. The zero-order valence-corrected chi connectivity index (χ0v) is 12.1. The van der Waals surface area contributed by atoms with Gasteiger partial charge in [-0.05, 0) is 30.3 Å². The van der Waals surface area contributed by atoms with Crippen molar-refractivity contribution in [3.63, 3.8) is 0 Å². The molecular formula is C14H15ClN2O3. The van der Waals surface area contributed by atoms with Gasteiger partial charge in [0.15, 0.2) is 16.7 Å². The van der Waals surface area contributed by atoms with Crippen molar-refractivity contribution in [2.75, 3.05) is 27.4 Å². The Balaban J connectivity index is 2.22. The number of ether oxygens (including phenoxy) is 3. The molecule has 20 heavy (non-hydrogen) atoms. The van der Waals surface area contributed by atoms with Crippen molar-refractivity contribution < 1.29 is 14.2 Å². The van der Waals surface area contributed by atoms with Crippen molar-refractivity contribution >= 4 is 11.6 Å². The van der Waals surface area contributed by atoms with Gasteiger partial charge in [-0.3, -0.25) is 0 Å². The quantitative estimate of drug-likeness (QED) is 0.767. The SMILES string of the molecule is COCCOc1ccc(-c2ccc(Cl)nn2)cc1OC. The minimum atomic E-state index is 0.361. The summed E-state index contributed by atoms with van der Waals surface area (Å²) >= 11 is 5.72. The van der Waals surface area contributed by atoms with Gasteiger partial charge in [-0.2, -0.15) is 0 Å². The Hall–Kier alpha value is -1.85. The van der Waals surface area contributed by atoms with Gasteiger partial charge < -0.3 is 14.2 Å². The van der Waals surface area contributed by atoms with E-state index >= 15 is 0 Å².